The third-order valence-corrected chi connectivity index (χ3v) is 5.09. The Morgan fingerprint density at radius 1 is 1.18 bits per heavy atom. The van der Waals surface area contributed by atoms with Crippen molar-refractivity contribution in [3.63, 3.8) is 0 Å². The molecule has 0 radical (unpaired) electrons. The van der Waals surface area contributed by atoms with E-state index < -0.39 is 11.9 Å². The minimum atomic E-state index is -0.531. The van der Waals surface area contributed by atoms with Crippen molar-refractivity contribution in [2.45, 2.75) is 52.1 Å². The molecular formula is C22H27NO5. The summed E-state index contributed by atoms with van der Waals surface area (Å²) in [4.78, 5) is 25.9. The molecule has 6 nitrogen and oxygen atoms in total. The monoisotopic (exact) mass is 385 g/mol. The van der Waals surface area contributed by atoms with Crippen LogP contribution < -0.4 is 14.8 Å². The number of carbonyl (C=O) groups is 2. The summed E-state index contributed by atoms with van der Waals surface area (Å²) in [6, 6.07) is 5.44. The molecule has 1 N–H and O–H groups in total. The van der Waals surface area contributed by atoms with Crippen LogP contribution >= 0.6 is 0 Å². The quantitative estimate of drug-likeness (QED) is 0.781. The molecule has 1 aliphatic heterocycles. The molecule has 1 aromatic rings. The standard InChI is InChI=1S/C22H27NO5/c1-12(2)28-22(25)19-13(3)23-16-7-6-8-17(24)21(16)20(19)15-10-9-14(26-4)11-18(15)27-5/h9-12,20,23H,6-8H2,1-5H3/t20-/m1/s1. The zero-order chi connectivity index (χ0) is 20.4. The lowest BCUT2D eigenvalue weighted by Gasteiger charge is -2.35. The maximum atomic E-state index is 13.0. The second-order valence-corrected chi connectivity index (χ2v) is 7.33. The van der Waals surface area contributed by atoms with Crippen molar-refractivity contribution < 1.29 is 23.8 Å². The third-order valence-electron chi connectivity index (χ3n) is 5.09. The summed E-state index contributed by atoms with van der Waals surface area (Å²) in [6.45, 7) is 5.47. The molecule has 0 saturated carbocycles. The number of benzene rings is 1. The lowest BCUT2D eigenvalue weighted by atomic mass is 9.75. The third kappa shape index (κ3) is 3.63. The van der Waals surface area contributed by atoms with Crippen molar-refractivity contribution in [2.24, 2.45) is 0 Å². The van der Waals surface area contributed by atoms with Crippen molar-refractivity contribution in [1.82, 2.24) is 5.32 Å². The fraction of sp³-hybridized carbons (Fsp3) is 0.455. The Kier molecular flexibility index (Phi) is 5.77. The highest BCUT2D eigenvalue weighted by molar-refractivity contribution is 6.04. The van der Waals surface area contributed by atoms with E-state index in [9.17, 15) is 9.59 Å². The number of hydrogen-bond donors (Lipinski definition) is 1. The van der Waals surface area contributed by atoms with Gasteiger partial charge in [0.2, 0.25) is 0 Å². The summed E-state index contributed by atoms with van der Waals surface area (Å²) in [6.07, 6.45) is 1.79. The Hall–Kier alpha value is -2.76. The van der Waals surface area contributed by atoms with E-state index in [-0.39, 0.29) is 11.9 Å². The number of methoxy groups -OCH3 is 2. The summed E-state index contributed by atoms with van der Waals surface area (Å²) in [7, 11) is 3.15. The molecule has 1 heterocycles. The van der Waals surface area contributed by atoms with Crippen LogP contribution in [0.4, 0.5) is 0 Å². The van der Waals surface area contributed by atoms with E-state index in [1.807, 2.05) is 32.9 Å². The van der Waals surface area contributed by atoms with Crippen molar-refractivity contribution >= 4 is 11.8 Å². The van der Waals surface area contributed by atoms with Crippen LogP contribution in [0.15, 0.2) is 40.7 Å². The highest BCUT2D eigenvalue weighted by Gasteiger charge is 2.40. The van der Waals surface area contributed by atoms with Gasteiger partial charge in [0.1, 0.15) is 11.5 Å². The zero-order valence-corrected chi connectivity index (χ0v) is 17.0. The van der Waals surface area contributed by atoms with Crippen molar-refractivity contribution in [1.29, 1.82) is 0 Å². The minimum Gasteiger partial charge on any atom is -0.497 e. The van der Waals surface area contributed by atoms with Crippen LogP contribution in [-0.4, -0.2) is 32.1 Å². The molecule has 2 aliphatic rings. The number of Topliss-reactive ketones (excluding diaryl/α,β-unsaturated/α-hetero) is 1. The number of esters is 1. The molecule has 1 aromatic carbocycles. The number of carbonyl (C=O) groups excluding carboxylic acids is 2. The van der Waals surface area contributed by atoms with Gasteiger partial charge in [0.15, 0.2) is 5.78 Å². The summed E-state index contributed by atoms with van der Waals surface area (Å²) in [5.74, 6) is 0.313. The van der Waals surface area contributed by atoms with Gasteiger partial charge in [-0.2, -0.15) is 0 Å². The Balaban J connectivity index is 2.20. The van der Waals surface area contributed by atoms with Crippen molar-refractivity contribution in [3.05, 3.63) is 46.3 Å². The predicted octanol–water partition coefficient (Wildman–Crippen LogP) is 3.62. The molecule has 0 unspecified atom stereocenters. The average Bonchev–Trinajstić information content (AvgIpc) is 2.65. The Bertz CT molecular complexity index is 866. The van der Waals surface area contributed by atoms with E-state index in [1.165, 1.54) is 0 Å². The highest BCUT2D eigenvalue weighted by atomic mass is 16.5. The van der Waals surface area contributed by atoms with Gasteiger partial charge in [-0.1, -0.05) is 6.07 Å². The van der Waals surface area contributed by atoms with Crippen molar-refractivity contribution in [3.8, 4) is 11.5 Å². The lowest BCUT2D eigenvalue weighted by Crippen LogP contribution is -2.35. The van der Waals surface area contributed by atoms with Gasteiger partial charge in [-0.15, -0.1) is 0 Å². The molecule has 0 amide bonds. The summed E-state index contributed by atoms with van der Waals surface area (Å²) in [5.41, 5.74) is 3.43. The van der Waals surface area contributed by atoms with Crippen LogP contribution in [0.25, 0.3) is 0 Å². The number of rotatable bonds is 5. The van der Waals surface area contributed by atoms with Gasteiger partial charge in [-0.05, 0) is 39.7 Å². The number of ketones is 1. The van der Waals surface area contributed by atoms with E-state index in [2.05, 4.69) is 5.32 Å². The van der Waals surface area contributed by atoms with Gasteiger partial charge >= 0.3 is 5.97 Å². The Labute approximate surface area is 165 Å². The largest absolute Gasteiger partial charge is 0.497 e. The van der Waals surface area contributed by atoms with Gasteiger partial charge in [0.25, 0.3) is 0 Å². The predicted molar refractivity (Wildman–Crippen MR) is 105 cm³/mol. The van der Waals surface area contributed by atoms with E-state index >= 15 is 0 Å². The van der Waals surface area contributed by atoms with E-state index in [0.29, 0.717) is 34.8 Å². The number of nitrogens with one attached hydrogen (secondary N) is 1. The summed E-state index contributed by atoms with van der Waals surface area (Å²) in [5, 5.41) is 3.28. The Morgan fingerprint density at radius 3 is 2.57 bits per heavy atom. The second kappa shape index (κ2) is 8.09. The molecule has 1 atom stereocenters. The first-order valence-corrected chi connectivity index (χ1v) is 9.54. The van der Waals surface area contributed by atoms with Gasteiger partial charge in [0, 0.05) is 35.0 Å². The highest BCUT2D eigenvalue weighted by Crippen LogP contribution is 2.46. The Morgan fingerprint density at radius 2 is 1.93 bits per heavy atom. The smallest absolute Gasteiger partial charge is 0.337 e. The molecule has 0 aromatic heterocycles. The minimum absolute atomic E-state index is 0.0546. The summed E-state index contributed by atoms with van der Waals surface area (Å²) < 4.78 is 16.4. The fourth-order valence-corrected chi connectivity index (χ4v) is 3.90. The van der Waals surface area contributed by atoms with Gasteiger partial charge in [-0.25, -0.2) is 4.79 Å². The average molecular weight is 385 g/mol. The van der Waals surface area contributed by atoms with E-state index in [4.69, 9.17) is 14.2 Å². The number of ether oxygens (including phenoxy) is 3. The van der Waals surface area contributed by atoms with Crippen LogP contribution in [0, 0.1) is 0 Å². The van der Waals surface area contributed by atoms with Crippen LogP contribution in [0.3, 0.4) is 0 Å². The molecule has 0 fully saturated rings. The van der Waals surface area contributed by atoms with Gasteiger partial charge in [0.05, 0.1) is 31.8 Å². The lowest BCUT2D eigenvalue weighted by molar-refractivity contribution is -0.143. The molecule has 28 heavy (non-hydrogen) atoms. The van der Waals surface area contributed by atoms with Crippen LogP contribution in [0.2, 0.25) is 0 Å². The van der Waals surface area contributed by atoms with Gasteiger partial charge < -0.3 is 19.5 Å². The molecule has 0 saturated heterocycles. The number of hydrogen-bond acceptors (Lipinski definition) is 6. The normalized spacial score (nSPS) is 19.4. The van der Waals surface area contributed by atoms with E-state index in [1.54, 1.807) is 20.3 Å². The first kappa shape index (κ1) is 20.0. The molecule has 1 aliphatic carbocycles. The first-order valence-electron chi connectivity index (χ1n) is 9.54. The number of allylic oxidation sites excluding steroid dienone is 3. The summed E-state index contributed by atoms with van der Waals surface area (Å²) >= 11 is 0. The molecule has 150 valence electrons. The number of dihydropyridines is 1. The SMILES string of the molecule is COc1ccc([C@@H]2C(C(=O)OC(C)C)=C(C)NC3=C2C(=O)CCC3)c(OC)c1. The van der Waals surface area contributed by atoms with Crippen LogP contribution in [-0.2, 0) is 14.3 Å². The maximum Gasteiger partial charge on any atom is 0.337 e. The molecule has 3 rings (SSSR count). The molecule has 0 bridgehead atoms. The van der Waals surface area contributed by atoms with Crippen LogP contribution in [0.1, 0.15) is 51.5 Å². The van der Waals surface area contributed by atoms with Crippen LogP contribution in [0.5, 0.6) is 11.5 Å². The van der Waals surface area contributed by atoms with E-state index in [0.717, 1.165) is 24.1 Å². The molecule has 6 heteroatoms. The molecule has 0 spiro atoms. The zero-order valence-electron chi connectivity index (χ0n) is 17.0. The van der Waals surface area contributed by atoms with Crippen molar-refractivity contribution in [2.75, 3.05) is 14.2 Å². The second-order valence-electron chi connectivity index (χ2n) is 7.33. The molecular weight excluding hydrogens is 358 g/mol. The topological polar surface area (TPSA) is 73.9 Å². The fourth-order valence-electron chi connectivity index (χ4n) is 3.90. The van der Waals surface area contributed by atoms with Gasteiger partial charge in [-0.3, -0.25) is 4.79 Å². The first-order chi connectivity index (χ1) is 13.4. The maximum absolute atomic E-state index is 13.0.